The summed E-state index contributed by atoms with van der Waals surface area (Å²) in [6, 6.07) is 0. The summed E-state index contributed by atoms with van der Waals surface area (Å²) in [5.74, 6) is 4.33. The van der Waals surface area contributed by atoms with Crippen molar-refractivity contribution in [1.29, 1.82) is 0 Å². The van der Waals surface area contributed by atoms with Gasteiger partial charge in [0.2, 0.25) is 0 Å². The molecule has 0 aliphatic carbocycles. The van der Waals surface area contributed by atoms with Gasteiger partial charge in [-0.05, 0) is 0 Å². The Bertz CT molecular complexity index is 221. The second-order valence-electron chi connectivity index (χ2n) is 2.51. The molecule has 0 aromatic carbocycles. The average molecular weight is 184 g/mol. The molecule has 72 valence electrons. The monoisotopic (exact) mass is 184 g/mol. The van der Waals surface area contributed by atoms with E-state index in [1.165, 1.54) is 6.34 Å². The van der Waals surface area contributed by atoms with Crippen LogP contribution in [0.25, 0.3) is 0 Å². The number of hydrogen-bond acceptors (Lipinski definition) is 4. The van der Waals surface area contributed by atoms with E-state index >= 15 is 0 Å². The normalized spacial score (nSPS) is 18.6. The van der Waals surface area contributed by atoms with Gasteiger partial charge in [-0.3, -0.25) is 4.79 Å². The van der Waals surface area contributed by atoms with E-state index in [0.29, 0.717) is 13.2 Å². The van der Waals surface area contributed by atoms with Crippen LogP contribution in [0.15, 0.2) is 10.1 Å². The van der Waals surface area contributed by atoms with Crippen LogP contribution >= 0.6 is 0 Å². The first-order valence-corrected chi connectivity index (χ1v) is 3.96. The summed E-state index contributed by atoms with van der Waals surface area (Å²) in [7, 11) is 0. The Balaban J connectivity index is 2.33. The summed E-state index contributed by atoms with van der Waals surface area (Å²) < 4.78 is 5.12. The Morgan fingerprint density at radius 2 is 2.15 bits per heavy atom. The van der Waals surface area contributed by atoms with Crippen molar-refractivity contribution in [3.63, 3.8) is 0 Å². The summed E-state index contributed by atoms with van der Waals surface area (Å²) in [6.45, 7) is 2.86. The van der Waals surface area contributed by atoms with Gasteiger partial charge in [0.25, 0.3) is 5.91 Å². The van der Waals surface area contributed by atoms with Crippen LogP contribution in [-0.4, -0.2) is 49.7 Å². The third-order valence-electron chi connectivity index (χ3n) is 1.58. The number of carbonyl (C=O) groups excluding carboxylic acids is 1. The first kappa shape index (κ1) is 9.66. The first-order chi connectivity index (χ1) is 6.33. The Morgan fingerprint density at radius 3 is 2.77 bits per heavy atom. The lowest BCUT2D eigenvalue weighted by Gasteiger charge is -2.23. The lowest BCUT2D eigenvalue weighted by atomic mass is 10.5. The second-order valence-corrected chi connectivity index (χ2v) is 2.51. The van der Waals surface area contributed by atoms with Crippen LogP contribution in [0.5, 0.6) is 0 Å². The fraction of sp³-hybridized carbons (Fsp3) is 0.571. The van der Waals surface area contributed by atoms with Gasteiger partial charge in [0, 0.05) is 13.1 Å². The smallest absolute Gasteiger partial charge is 0.291 e. The van der Waals surface area contributed by atoms with Gasteiger partial charge in [-0.1, -0.05) is 0 Å². The minimum atomic E-state index is -0.450. The predicted molar refractivity (Wildman–Crippen MR) is 48.6 cm³/mol. The van der Waals surface area contributed by atoms with E-state index in [-0.39, 0.29) is 0 Å². The fourth-order valence-corrected chi connectivity index (χ4v) is 0.929. The van der Waals surface area contributed by atoms with Crippen LogP contribution in [0.4, 0.5) is 0 Å². The van der Waals surface area contributed by atoms with Crippen molar-refractivity contribution < 1.29 is 9.53 Å². The minimum Gasteiger partial charge on any atom is -0.378 e. The van der Waals surface area contributed by atoms with Crippen molar-refractivity contribution in [2.24, 2.45) is 15.9 Å². The minimum absolute atomic E-state index is 0.450. The zero-order valence-corrected chi connectivity index (χ0v) is 7.22. The number of carbonyl (C=O) groups is 1. The van der Waals surface area contributed by atoms with Gasteiger partial charge < -0.3 is 15.5 Å². The molecule has 6 heteroatoms. The average Bonchev–Trinajstić information content (AvgIpc) is 2.17. The maximum Gasteiger partial charge on any atom is 0.291 e. The van der Waals surface area contributed by atoms with E-state index in [1.54, 1.807) is 0 Å². The lowest BCUT2D eigenvalue weighted by molar-refractivity contribution is -0.111. The SMILES string of the molecule is NN=CC(=O)N=CN1CCOCC1. The molecule has 0 aromatic rings. The second kappa shape index (κ2) is 5.26. The molecule has 0 unspecified atom stereocenters. The molecule has 1 saturated heterocycles. The van der Waals surface area contributed by atoms with Crippen LogP contribution in [0.1, 0.15) is 0 Å². The molecule has 0 saturated carbocycles. The molecule has 2 N–H and O–H groups in total. The third-order valence-corrected chi connectivity index (χ3v) is 1.58. The molecule has 1 heterocycles. The van der Waals surface area contributed by atoms with Gasteiger partial charge in [0.05, 0.1) is 19.6 Å². The van der Waals surface area contributed by atoms with E-state index < -0.39 is 5.91 Å². The summed E-state index contributed by atoms with van der Waals surface area (Å²) in [4.78, 5) is 16.3. The van der Waals surface area contributed by atoms with E-state index in [4.69, 9.17) is 10.6 Å². The first-order valence-electron chi connectivity index (χ1n) is 3.96. The molecule has 0 radical (unpaired) electrons. The van der Waals surface area contributed by atoms with E-state index in [2.05, 4.69) is 10.1 Å². The summed E-state index contributed by atoms with van der Waals surface area (Å²) in [5.41, 5.74) is 0. The molecular formula is C7H12N4O2. The lowest BCUT2D eigenvalue weighted by Crippen LogP contribution is -2.35. The summed E-state index contributed by atoms with van der Waals surface area (Å²) in [5, 5.41) is 3.07. The largest absolute Gasteiger partial charge is 0.378 e. The quantitative estimate of drug-likeness (QED) is 0.253. The standard InChI is InChI=1S/C7H12N4O2/c8-10-5-7(12)9-6-11-1-3-13-4-2-11/h5-6H,1-4,8H2. The number of aliphatic imine (C=N–C) groups is 1. The van der Waals surface area contributed by atoms with Crippen molar-refractivity contribution in [3.05, 3.63) is 0 Å². The Morgan fingerprint density at radius 1 is 1.46 bits per heavy atom. The van der Waals surface area contributed by atoms with Gasteiger partial charge >= 0.3 is 0 Å². The van der Waals surface area contributed by atoms with Gasteiger partial charge in [-0.2, -0.15) is 10.1 Å². The maximum absolute atomic E-state index is 10.8. The van der Waals surface area contributed by atoms with E-state index in [0.717, 1.165) is 19.3 Å². The number of amides is 1. The highest BCUT2D eigenvalue weighted by atomic mass is 16.5. The number of hydrogen-bond donors (Lipinski definition) is 1. The molecule has 1 aliphatic heterocycles. The molecule has 0 spiro atoms. The van der Waals surface area contributed by atoms with Crippen LogP contribution in [0.2, 0.25) is 0 Å². The molecule has 1 rings (SSSR count). The molecule has 6 nitrogen and oxygen atoms in total. The van der Waals surface area contributed by atoms with E-state index in [1.807, 2.05) is 4.90 Å². The Kier molecular flexibility index (Phi) is 3.90. The zero-order valence-electron chi connectivity index (χ0n) is 7.22. The molecule has 0 aromatic heterocycles. The molecule has 1 aliphatic rings. The molecular weight excluding hydrogens is 172 g/mol. The highest BCUT2D eigenvalue weighted by Gasteiger charge is 2.05. The van der Waals surface area contributed by atoms with Crippen LogP contribution < -0.4 is 5.84 Å². The van der Waals surface area contributed by atoms with Crippen molar-refractivity contribution in [2.45, 2.75) is 0 Å². The third kappa shape index (κ3) is 3.66. The number of rotatable bonds is 2. The Hall–Kier alpha value is -1.43. The molecule has 0 bridgehead atoms. The van der Waals surface area contributed by atoms with Crippen molar-refractivity contribution in [2.75, 3.05) is 26.3 Å². The van der Waals surface area contributed by atoms with Crippen molar-refractivity contribution in [1.82, 2.24) is 4.90 Å². The van der Waals surface area contributed by atoms with Gasteiger partial charge in [0.1, 0.15) is 6.21 Å². The summed E-state index contributed by atoms with van der Waals surface area (Å²) >= 11 is 0. The number of hydrazone groups is 1. The predicted octanol–water partition coefficient (Wildman–Crippen LogP) is -1.18. The number of nitrogens with zero attached hydrogens (tertiary/aromatic N) is 3. The maximum atomic E-state index is 10.8. The molecule has 1 amide bonds. The molecule has 13 heavy (non-hydrogen) atoms. The van der Waals surface area contributed by atoms with Gasteiger partial charge in [-0.15, -0.1) is 0 Å². The summed E-state index contributed by atoms with van der Waals surface area (Å²) in [6.07, 6.45) is 2.46. The zero-order chi connectivity index (χ0) is 9.52. The molecule has 0 atom stereocenters. The van der Waals surface area contributed by atoms with E-state index in [9.17, 15) is 4.79 Å². The fourth-order valence-electron chi connectivity index (χ4n) is 0.929. The number of ether oxygens (including phenoxy) is 1. The molecule has 1 fully saturated rings. The Labute approximate surface area is 76.1 Å². The van der Waals surface area contributed by atoms with Gasteiger partial charge in [0.15, 0.2) is 0 Å². The van der Waals surface area contributed by atoms with Crippen LogP contribution in [0, 0.1) is 0 Å². The van der Waals surface area contributed by atoms with Gasteiger partial charge in [-0.25, -0.2) is 0 Å². The topological polar surface area (TPSA) is 80.3 Å². The van der Waals surface area contributed by atoms with Crippen LogP contribution in [0.3, 0.4) is 0 Å². The highest BCUT2D eigenvalue weighted by Crippen LogP contribution is 1.92. The van der Waals surface area contributed by atoms with Crippen molar-refractivity contribution in [3.8, 4) is 0 Å². The number of morpholine rings is 1. The highest BCUT2D eigenvalue weighted by molar-refractivity contribution is 6.27. The van der Waals surface area contributed by atoms with Crippen LogP contribution in [-0.2, 0) is 9.53 Å². The van der Waals surface area contributed by atoms with Crippen molar-refractivity contribution >= 4 is 18.5 Å². The number of nitrogens with two attached hydrogens (primary N) is 1.